The topological polar surface area (TPSA) is 12.5 Å². The minimum Gasteiger partial charge on any atom is -0.492 e. The summed E-state index contributed by atoms with van der Waals surface area (Å²) in [5, 5.41) is 0. The second kappa shape index (κ2) is 7.30. The van der Waals surface area contributed by atoms with Crippen LogP contribution >= 0.6 is 15.9 Å². The summed E-state index contributed by atoms with van der Waals surface area (Å²) < 4.78 is 6.88. The van der Waals surface area contributed by atoms with E-state index in [9.17, 15) is 0 Å². The third kappa shape index (κ3) is 4.81. The summed E-state index contributed by atoms with van der Waals surface area (Å²) in [6.07, 6.45) is 5.47. The fraction of sp³-hybridized carbons (Fsp3) is 0.625. The molecule has 1 fully saturated rings. The molecule has 3 heteroatoms. The fourth-order valence-corrected chi connectivity index (χ4v) is 3.09. The molecule has 0 aliphatic heterocycles. The van der Waals surface area contributed by atoms with Gasteiger partial charge in [-0.1, -0.05) is 35.7 Å². The zero-order chi connectivity index (χ0) is 13.7. The molecule has 1 saturated carbocycles. The average Bonchev–Trinajstić information content (AvgIpc) is 2.41. The molecular formula is C16H24BrNO. The van der Waals surface area contributed by atoms with Crippen LogP contribution in [0, 0.1) is 5.92 Å². The Labute approximate surface area is 125 Å². The molecule has 2 nitrogen and oxygen atoms in total. The fourth-order valence-electron chi connectivity index (χ4n) is 2.82. The number of likely N-dealkylation sites (N-methyl/N-ethyl adjacent to an activating group) is 1. The Morgan fingerprint density at radius 3 is 2.68 bits per heavy atom. The maximum absolute atomic E-state index is 5.79. The van der Waals surface area contributed by atoms with Crippen molar-refractivity contribution in [1.29, 1.82) is 0 Å². The molecule has 0 aromatic heterocycles. The van der Waals surface area contributed by atoms with Crippen LogP contribution in [0.15, 0.2) is 28.7 Å². The Balaban J connectivity index is 1.71. The van der Waals surface area contributed by atoms with Crippen LogP contribution in [-0.2, 0) is 0 Å². The largest absolute Gasteiger partial charge is 0.492 e. The minimum absolute atomic E-state index is 0.747. The third-order valence-electron chi connectivity index (χ3n) is 4.06. The second-order valence-corrected chi connectivity index (χ2v) is 6.62. The van der Waals surface area contributed by atoms with Gasteiger partial charge in [-0.25, -0.2) is 0 Å². The first-order chi connectivity index (χ1) is 9.15. The number of hydrogen-bond donors (Lipinski definition) is 0. The molecule has 19 heavy (non-hydrogen) atoms. The van der Waals surface area contributed by atoms with Crippen molar-refractivity contribution in [2.24, 2.45) is 5.92 Å². The maximum atomic E-state index is 5.79. The molecule has 1 aliphatic rings. The van der Waals surface area contributed by atoms with E-state index in [1.54, 1.807) is 0 Å². The lowest BCUT2D eigenvalue weighted by Gasteiger charge is -2.34. The van der Waals surface area contributed by atoms with Crippen molar-refractivity contribution in [3.8, 4) is 5.75 Å². The lowest BCUT2D eigenvalue weighted by Crippen LogP contribution is -2.37. The number of hydrogen-bond acceptors (Lipinski definition) is 2. The van der Waals surface area contributed by atoms with E-state index in [-0.39, 0.29) is 0 Å². The van der Waals surface area contributed by atoms with Gasteiger partial charge in [0.25, 0.3) is 0 Å². The van der Waals surface area contributed by atoms with Gasteiger partial charge >= 0.3 is 0 Å². The van der Waals surface area contributed by atoms with Gasteiger partial charge in [0.15, 0.2) is 0 Å². The van der Waals surface area contributed by atoms with Crippen molar-refractivity contribution in [2.75, 3.05) is 20.2 Å². The van der Waals surface area contributed by atoms with E-state index in [1.807, 2.05) is 24.3 Å². The molecule has 2 rings (SSSR count). The Kier molecular flexibility index (Phi) is 5.71. The molecule has 1 aliphatic carbocycles. The highest BCUT2D eigenvalue weighted by molar-refractivity contribution is 9.10. The first-order valence-electron chi connectivity index (χ1n) is 7.24. The van der Waals surface area contributed by atoms with E-state index in [2.05, 4.69) is 34.8 Å². The van der Waals surface area contributed by atoms with Crippen molar-refractivity contribution >= 4 is 15.9 Å². The van der Waals surface area contributed by atoms with E-state index in [1.165, 1.54) is 25.7 Å². The zero-order valence-corrected chi connectivity index (χ0v) is 13.5. The Morgan fingerprint density at radius 1 is 1.26 bits per heavy atom. The van der Waals surface area contributed by atoms with Crippen molar-refractivity contribution in [2.45, 2.75) is 38.6 Å². The van der Waals surface area contributed by atoms with E-state index < -0.39 is 0 Å². The molecule has 0 bridgehead atoms. The lowest BCUT2D eigenvalue weighted by atomic mass is 9.86. The molecule has 0 heterocycles. The number of ether oxygens (including phenoxy) is 1. The summed E-state index contributed by atoms with van der Waals surface area (Å²) in [6, 6.07) is 8.79. The monoisotopic (exact) mass is 325 g/mol. The van der Waals surface area contributed by atoms with Gasteiger partial charge in [-0.2, -0.15) is 0 Å². The first-order valence-corrected chi connectivity index (χ1v) is 8.03. The van der Waals surface area contributed by atoms with Crippen LogP contribution in [0.25, 0.3) is 0 Å². The molecule has 0 saturated heterocycles. The predicted molar refractivity (Wildman–Crippen MR) is 83.7 cm³/mol. The Bertz CT molecular complexity index is 379. The number of benzene rings is 1. The molecule has 0 radical (unpaired) electrons. The molecule has 2 unspecified atom stereocenters. The summed E-state index contributed by atoms with van der Waals surface area (Å²) in [4.78, 5) is 2.47. The third-order valence-corrected chi connectivity index (χ3v) is 4.59. The van der Waals surface area contributed by atoms with Crippen LogP contribution < -0.4 is 4.74 Å². The van der Waals surface area contributed by atoms with Gasteiger partial charge in [0.1, 0.15) is 12.4 Å². The summed E-state index contributed by atoms with van der Waals surface area (Å²) in [6.45, 7) is 4.15. The average molecular weight is 326 g/mol. The molecular weight excluding hydrogens is 302 g/mol. The van der Waals surface area contributed by atoms with Gasteiger partial charge in [0, 0.05) is 17.1 Å². The van der Waals surface area contributed by atoms with E-state index >= 15 is 0 Å². The van der Waals surface area contributed by atoms with Gasteiger partial charge in [-0.3, -0.25) is 0 Å². The van der Waals surface area contributed by atoms with Crippen LogP contribution in [0.5, 0.6) is 5.75 Å². The summed E-state index contributed by atoms with van der Waals surface area (Å²) >= 11 is 3.43. The van der Waals surface area contributed by atoms with Crippen molar-refractivity contribution < 1.29 is 4.74 Å². The van der Waals surface area contributed by atoms with E-state index in [4.69, 9.17) is 4.74 Å². The smallest absolute Gasteiger partial charge is 0.119 e. The molecule has 1 aromatic carbocycles. The lowest BCUT2D eigenvalue weighted by molar-refractivity contribution is 0.141. The van der Waals surface area contributed by atoms with Crippen LogP contribution in [0.1, 0.15) is 32.6 Å². The van der Waals surface area contributed by atoms with Crippen LogP contribution in [0.2, 0.25) is 0 Å². The first kappa shape index (κ1) is 14.9. The quantitative estimate of drug-likeness (QED) is 0.798. The second-order valence-electron chi connectivity index (χ2n) is 5.71. The zero-order valence-electron chi connectivity index (χ0n) is 11.9. The molecule has 0 spiro atoms. The Hall–Kier alpha value is -0.540. The molecule has 0 amide bonds. The van der Waals surface area contributed by atoms with Crippen LogP contribution in [0.3, 0.4) is 0 Å². The van der Waals surface area contributed by atoms with Gasteiger partial charge in [-0.15, -0.1) is 0 Å². The van der Waals surface area contributed by atoms with Crippen molar-refractivity contribution in [1.82, 2.24) is 4.90 Å². The predicted octanol–water partition coefficient (Wildman–Crippen LogP) is 4.34. The Morgan fingerprint density at radius 2 is 2.00 bits per heavy atom. The van der Waals surface area contributed by atoms with Crippen molar-refractivity contribution in [3.05, 3.63) is 28.7 Å². The summed E-state index contributed by atoms with van der Waals surface area (Å²) in [5.74, 6) is 1.84. The van der Waals surface area contributed by atoms with Crippen LogP contribution in [0.4, 0.5) is 0 Å². The van der Waals surface area contributed by atoms with Gasteiger partial charge in [-0.05, 0) is 50.1 Å². The van der Waals surface area contributed by atoms with Crippen molar-refractivity contribution in [3.63, 3.8) is 0 Å². The minimum atomic E-state index is 0.747. The molecule has 106 valence electrons. The van der Waals surface area contributed by atoms with Gasteiger partial charge in [0.2, 0.25) is 0 Å². The SMILES string of the molecule is CC1CCCC(N(C)CCOc2ccc(Br)cc2)C1. The maximum Gasteiger partial charge on any atom is 0.119 e. The number of halogens is 1. The number of rotatable bonds is 5. The normalized spacial score (nSPS) is 23.6. The standard InChI is InChI=1S/C16H24BrNO/c1-13-4-3-5-15(12-13)18(2)10-11-19-16-8-6-14(17)7-9-16/h6-9,13,15H,3-5,10-12H2,1-2H3. The summed E-state index contributed by atoms with van der Waals surface area (Å²) in [5.41, 5.74) is 0. The summed E-state index contributed by atoms with van der Waals surface area (Å²) in [7, 11) is 2.23. The van der Waals surface area contributed by atoms with E-state index in [0.717, 1.165) is 35.3 Å². The molecule has 1 aromatic rings. The van der Waals surface area contributed by atoms with Gasteiger partial charge < -0.3 is 9.64 Å². The van der Waals surface area contributed by atoms with Gasteiger partial charge in [0.05, 0.1) is 0 Å². The highest BCUT2D eigenvalue weighted by atomic mass is 79.9. The molecule has 2 atom stereocenters. The van der Waals surface area contributed by atoms with Crippen LogP contribution in [-0.4, -0.2) is 31.1 Å². The molecule has 0 N–H and O–H groups in total. The highest BCUT2D eigenvalue weighted by Crippen LogP contribution is 2.26. The van der Waals surface area contributed by atoms with E-state index in [0.29, 0.717) is 0 Å². The highest BCUT2D eigenvalue weighted by Gasteiger charge is 2.21. The number of nitrogens with zero attached hydrogens (tertiary/aromatic N) is 1.